The Hall–Kier alpha value is -1.59. The molecular formula is C12H18N4O. The number of guanidine groups is 1. The Morgan fingerprint density at radius 1 is 1.41 bits per heavy atom. The van der Waals surface area contributed by atoms with Crippen LogP contribution in [0, 0.1) is 0 Å². The van der Waals surface area contributed by atoms with Gasteiger partial charge in [-0.05, 0) is 11.1 Å². The van der Waals surface area contributed by atoms with Gasteiger partial charge in [-0.1, -0.05) is 24.3 Å². The summed E-state index contributed by atoms with van der Waals surface area (Å²) in [5, 5.41) is 0. The fourth-order valence-electron chi connectivity index (χ4n) is 1.96. The summed E-state index contributed by atoms with van der Waals surface area (Å²) in [4.78, 5) is 6.50. The number of aliphatic imine (C=N–C) groups is 1. The molecule has 3 N–H and O–H groups in total. The number of methoxy groups -OCH3 is 1. The van der Waals surface area contributed by atoms with Crippen LogP contribution in [-0.2, 0) is 17.8 Å². The molecule has 0 spiro atoms. The van der Waals surface area contributed by atoms with E-state index in [1.807, 2.05) is 0 Å². The summed E-state index contributed by atoms with van der Waals surface area (Å²) in [6.45, 7) is 2.92. The number of rotatable bonds is 3. The van der Waals surface area contributed by atoms with Crippen molar-refractivity contribution in [1.82, 2.24) is 10.3 Å². The van der Waals surface area contributed by atoms with E-state index in [4.69, 9.17) is 10.6 Å². The van der Waals surface area contributed by atoms with Crippen molar-refractivity contribution in [2.24, 2.45) is 10.8 Å². The van der Waals surface area contributed by atoms with Crippen LogP contribution < -0.4 is 11.3 Å². The van der Waals surface area contributed by atoms with Gasteiger partial charge in [0.2, 0.25) is 5.96 Å². The van der Waals surface area contributed by atoms with Gasteiger partial charge in [0.25, 0.3) is 0 Å². The molecule has 0 bridgehead atoms. The van der Waals surface area contributed by atoms with Gasteiger partial charge in [0, 0.05) is 20.2 Å². The summed E-state index contributed by atoms with van der Waals surface area (Å²) in [5.74, 6) is 6.23. The van der Waals surface area contributed by atoms with Gasteiger partial charge in [-0.15, -0.1) is 0 Å². The summed E-state index contributed by atoms with van der Waals surface area (Å²) in [7, 11) is 1.66. The minimum atomic E-state index is 0.603. The second-order valence-corrected chi connectivity index (χ2v) is 3.97. The predicted octanol–water partition coefficient (Wildman–Crippen LogP) is 0.468. The van der Waals surface area contributed by atoms with Gasteiger partial charge < -0.3 is 9.64 Å². The van der Waals surface area contributed by atoms with Crippen LogP contribution in [0.15, 0.2) is 29.3 Å². The molecule has 0 saturated heterocycles. The number of nitrogens with zero attached hydrogens (tertiary/aromatic N) is 2. The minimum Gasteiger partial charge on any atom is -0.383 e. The number of hydrogen-bond donors (Lipinski definition) is 2. The van der Waals surface area contributed by atoms with E-state index in [0.717, 1.165) is 19.0 Å². The highest BCUT2D eigenvalue weighted by Crippen LogP contribution is 2.21. The maximum Gasteiger partial charge on any atom is 0.209 e. The van der Waals surface area contributed by atoms with Crippen LogP contribution in [0.25, 0.3) is 0 Å². The van der Waals surface area contributed by atoms with Crippen LogP contribution in [0.4, 0.5) is 0 Å². The molecule has 1 aliphatic rings. The van der Waals surface area contributed by atoms with E-state index in [2.05, 4.69) is 39.6 Å². The monoisotopic (exact) mass is 234 g/mol. The molecule has 0 atom stereocenters. The number of nitrogens with two attached hydrogens (primary N) is 1. The Morgan fingerprint density at radius 2 is 2.06 bits per heavy atom. The van der Waals surface area contributed by atoms with Gasteiger partial charge >= 0.3 is 0 Å². The van der Waals surface area contributed by atoms with Crippen molar-refractivity contribution in [2.75, 3.05) is 20.3 Å². The fraction of sp³-hybridized carbons (Fsp3) is 0.417. The number of hydrazine groups is 1. The smallest absolute Gasteiger partial charge is 0.209 e. The van der Waals surface area contributed by atoms with E-state index in [1.165, 1.54) is 11.1 Å². The SMILES string of the molecule is COCCN=C(NN)N1Cc2ccccc2C1. The molecular weight excluding hydrogens is 216 g/mol. The highest BCUT2D eigenvalue weighted by molar-refractivity contribution is 5.80. The van der Waals surface area contributed by atoms with E-state index in [1.54, 1.807) is 7.11 Å². The molecule has 0 aliphatic carbocycles. The van der Waals surface area contributed by atoms with E-state index in [9.17, 15) is 0 Å². The molecule has 0 aromatic heterocycles. The minimum absolute atomic E-state index is 0.603. The molecule has 0 radical (unpaired) electrons. The van der Waals surface area contributed by atoms with Crippen LogP contribution in [0.1, 0.15) is 11.1 Å². The number of ether oxygens (including phenoxy) is 1. The predicted molar refractivity (Wildman–Crippen MR) is 67.2 cm³/mol. The first kappa shape index (κ1) is 11.9. The van der Waals surface area contributed by atoms with Crippen molar-refractivity contribution in [3.05, 3.63) is 35.4 Å². The maximum absolute atomic E-state index is 5.51. The highest BCUT2D eigenvalue weighted by Gasteiger charge is 2.20. The average molecular weight is 234 g/mol. The van der Waals surface area contributed by atoms with E-state index >= 15 is 0 Å². The van der Waals surface area contributed by atoms with Crippen molar-refractivity contribution in [1.29, 1.82) is 0 Å². The third-order valence-electron chi connectivity index (χ3n) is 2.83. The molecule has 5 nitrogen and oxygen atoms in total. The van der Waals surface area contributed by atoms with Crippen molar-refractivity contribution >= 4 is 5.96 Å². The Kier molecular flexibility index (Phi) is 3.95. The lowest BCUT2D eigenvalue weighted by atomic mass is 10.1. The van der Waals surface area contributed by atoms with Crippen LogP contribution in [0.3, 0.4) is 0 Å². The zero-order chi connectivity index (χ0) is 12.1. The highest BCUT2D eigenvalue weighted by atomic mass is 16.5. The molecule has 1 aromatic rings. The number of benzene rings is 1. The molecule has 0 fully saturated rings. The van der Waals surface area contributed by atoms with E-state index < -0.39 is 0 Å². The zero-order valence-corrected chi connectivity index (χ0v) is 10.0. The molecule has 92 valence electrons. The van der Waals surface area contributed by atoms with Gasteiger partial charge in [0.1, 0.15) is 0 Å². The number of hydrogen-bond acceptors (Lipinski definition) is 3. The number of fused-ring (bicyclic) bond motifs is 1. The van der Waals surface area contributed by atoms with E-state index in [0.29, 0.717) is 13.2 Å². The second-order valence-electron chi connectivity index (χ2n) is 3.97. The van der Waals surface area contributed by atoms with Gasteiger partial charge in [0.05, 0.1) is 13.2 Å². The van der Waals surface area contributed by atoms with Crippen LogP contribution in [0.5, 0.6) is 0 Å². The molecule has 17 heavy (non-hydrogen) atoms. The zero-order valence-electron chi connectivity index (χ0n) is 10.0. The summed E-state index contributed by atoms with van der Waals surface area (Å²) < 4.78 is 4.97. The van der Waals surface area contributed by atoms with Crippen LogP contribution >= 0.6 is 0 Å². The van der Waals surface area contributed by atoms with Crippen LogP contribution in [0.2, 0.25) is 0 Å². The van der Waals surface area contributed by atoms with Crippen molar-refractivity contribution in [3.8, 4) is 0 Å². The molecule has 1 heterocycles. The largest absolute Gasteiger partial charge is 0.383 e. The molecule has 1 aliphatic heterocycles. The maximum atomic E-state index is 5.51. The summed E-state index contributed by atoms with van der Waals surface area (Å²) in [6, 6.07) is 8.39. The Morgan fingerprint density at radius 3 is 2.59 bits per heavy atom. The molecule has 5 heteroatoms. The summed E-state index contributed by atoms with van der Waals surface area (Å²) >= 11 is 0. The molecule has 0 amide bonds. The Balaban J connectivity index is 2.02. The van der Waals surface area contributed by atoms with Gasteiger partial charge in [0.15, 0.2) is 0 Å². The fourth-order valence-corrected chi connectivity index (χ4v) is 1.96. The standard InChI is InChI=1S/C12H18N4O/c1-17-7-6-14-12(15-13)16-8-10-4-2-3-5-11(10)9-16/h2-5H,6-9,13H2,1H3,(H,14,15). The van der Waals surface area contributed by atoms with Crippen molar-refractivity contribution < 1.29 is 4.74 Å². The Labute approximate surface area is 101 Å². The van der Waals surface area contributed by atoms with Crippen molar-refractivity contribution in [3.63, 3.8) is 0 Å². The first-order valence-electron chi connectivity index (χ1n) is 5.67. The Bertz CT molecular complexity index is 380. The van der Waals surface area contributed by atoms with E-state index in [-0.39, 0.29) is 0 Å². The average Bonchev–Trinajstić information content (AvgIpc) is 2.78. The normalized spacial score (nSPS) is 14.9. The van der Waals surface area contributed by atoms with Crippen molar-refractivity contribution in [2.45, 2.75) is 13.1 Å². The van der Waals surface area contributed by atoms with Gasteiger partial charge in [-0.25, -0.2) is 10.8 Å². The second kappa shape index (κ2) is 5.65. The van der Waals surface area contributed by atoms with Crippen LogP contribution in [-0.4, -0.2) is 31.1 Å². The summed E-state index contributed by atoms with van der Waals surface area (Å²) in [5.41, 5.74) is 5.33. The topological polar surface area (TPSA) is 62.9 Å². The quantitative estimate of drug-likeness (QED) is 0.262. The lowest BCUT2D eigenvalue weighted by molar-refractivity contribution is 0.207. The van der Waals surface area contributed by atoms with Gasteiger partial charge in [-0.2, -0.15) is 0 Å². The molecule has 2 rings (SSSR count). The first-order valence-corrected chi connectivity index (χ1v) is 5.67. The molecule has 0 saturated carbocycles. The lowest BCUT2D eigenvalue weighted by Gasteiger charge is -2.19. The van der Waals surface area contributed by atoms with Gasteiger partial charge in [-0.3, -0.25) is 5.43 Å². The molecule has 1 aromatic carbocycles. The first-order chi connectivity index (χ1) is 8.35. The third-order valence-corrected chi connectivity index (χ3v) is 2.83. The third kappa shape index (κ3) is 2.75. The molecule has 0 unspecified atom stereocenters. The lowest BCUT2D eigenvalue weighted by Crippen LogP contribution is -2.42. The summed E-state index contributed by atoms with van der Waals surface area (Å²) in [6.07, 6.45) is 0. The number of nitrogens with one attached hydrogen (secondary N) is 1.